The third kappa shape index (κ3) is 2.92. The first kappa shape index (κ1) is 16.5. The van der Waals surface area contributed by atoms with E-state index in [2.05, 4.69) is 5.32 Å². The Bertz CT molecular complexity index is 656. The minimum absolute atomic E-state index is 0.0352. The summed E-state index contributed by atoms with van der Waals surface area (Å²) in [6.45, 7) is 2.63. The third-order valence-electron chi connectivity index (χ3n) is 5.27. The summed E-state index contributed by atoms with van der Waals surface area (Å²) < 4.78 is 31.5. The number of nitrogens with one attached hydrogen (secondary N) is 1. The van der Waals surface area contributed by atoms with Crippen LogP contribution in [0, 0.1) is 5.41 Å². The summed E-state index contributed by atoms with van der Waals surface area (Å²) >= 11 is 0. The number of rotatable bonds is 4. The molecule has 0 spiro atoms. The van der Waals surface area contributed by atoms with Crippen molar-refractivity contribution in [2.45, 2.75) is 51.6 Å². The fourth-order valence-corrected chi connectivity index (χ4v) is 6.05. The molecule has 7 heteroatoms. The van der Waals surface area contributed by atoms with E-state index in [0.29, 0.717) is 25.3 Å². The molecule has 1 N–H and O–H groups in total. The van der Waals surface area contributed by atoms with Crippen LogP contribution < -0.4 is 5.32 Å². The number of fused-ring (bicyclic) bond motifs is 1. The Hall–Kier alpha value is -1.34. The number of carbonyl (C=O) groups excluding carboxylic acids is 1. The third-order valence-corrected chi connectivity index (χ3v) is 7.21. The Balaban J connectivity index is 1.82. The zero-order chi connectivity index (χ0) is 16.5. The van der Waals surface area contributed by atoms with Gasteiger partial charge in [0.25, 0.3) is 0 Å². The van der Waals surface area contributed by atoms with Gasteiger partial charge in [0, 0.05) is 12.6 Å². The maximum Gasteiger partial charge on any atom is 0.228 e. The molecule has 1 aliphatic heterocycles. The molecule has 2 atom stereocenters. The maximum atomic E-state index is 12.9. The lowest BCUT2D eigenvalue weighted by Crippen LogP contribution is -2.62. The van der Waals surface area contributed by atoms with Crippen molar-refractivity contribution in [3.05, 3.63) is 24.2 Å². The second kappa shape index (κ2) is 6.28. The molecule has 0 unspecified atom stereocenters. The SMILES string of the molecule is CCN1[C@@H]2CCCC[C@@]2(C(=O)NCc2ccco2)CCS1(=O)=O. The van der Waals surface area contributed by atoms with Crippen molar-refractivity contribution in [1.82, 2.24) is 9.62 Å². The fraction of sp³-hybridized carbons (Fsp3) is 0.688. The molecular weight excluding hydrogens is 316 g/mol. The molecule has 1 amide bonds. The second-order valence-corrected chi connectivity index (χ2v) is 8.49. The monoisotopic (exact) mass is 340 g/mol. The quantitative estimate of drug-likeness (QED) is 0.907. The molecule has 0 bridgehead atoms. The average Bonchev–Trinajstić information content (AvgIpc) is 3.05. The normalized spacial score (nSPS) is 30.6. The highest BCUT2D eigenvalue weighted by molar-refractivity contribution is 7.89. The first-order chi connectivity index (χ1) is 11.0. The Kier molecular flexibility index (Phi) is 4.51. The van der Waals surface area contributed by atoms with Crippen molar-refractivity contribution in [2.24, 2.45) is 5.41 Å². The van der Waals surface area contributed by atoms with Crippen molar-refractivity contribution in [2.75, 3.05) is 12.3 Å². The van der Waals surface area contributed by atoms with Gasteiger partial charge in [-0.05, 0) is 31.4 Å². The summed E-state index contributed by atoms with van der Waals surface area (Å²) in [6.07, 6.45) is 5.47. The van der Waals surface area contributed by atoms with Crippen LogP contribution in [0.5, 0.6) is 0 Å². The van der Waals surface area contributed by atoms with E-state index >= 15 is 0 Å². The molecule has 2 aliphatic rings. The predicted molar refractivity (Wildman–Crippen MR) is 86.0 cm³/mol. The van der Waals surface area contributed by atoms with Crippen molar-refractivity contribution < 1.29 is 17.6 Å². The van der Waals surface area contributed by atoms with E-state index in [1.165, 1.54) is 0 Å². The van der Waals surface area contributed by atoms with Gasteiger partial charge >= 0.3 is 0 Å². The molecule has 1 saturated carbocycles. The molecule has 3 rings (SSSR count). The van der Waals surface area contributed by atoms with Crippen LogP contribution in [0.3, 0.4) is 0 Å². The van der Waals surface area contributed by atoms with Gasteiger partial charge in [0.2, 0.25) is 15.9 Å². The first-order valence-corrected chi connectivity index (χ1v) is 9.91. The van der Waals surface area contributed by atoms with Crippen LogP contribution in [0.15, 0.2) is 22.8 Å². The minimum Gasteiger partial charge on any atom is -0.467 e. The summed E-state index contributed by atoms with van der Waals surface area (Å²) in [4.78, 5) is 12.9. The number of carbonyl (C=O) groups is 1. The molecule has 128 valence electrons. The number of nitrogens with zero attached hydrogens (tertiary/aromatic N) is 1. The fourth-order valence-electron chi connectivity index (χ4n) is 4.11. The minimum atomic E-state index is -3.24. The number of hydrogen-bond donors (Lipinski definition) is 1. The zero-order valence-electron chi connectivity index (χ0n) is 13.5. The van der Waals surface area contributed by atoms with E-state index in [1.54, 1.807) is 16.6 Å². The molecule has 23 heavy (non-hydrogen) atoms. The van der Waals surface area contributed by atoms with E-state index in [4.69, 9.17) is 4.42 Å². The van der Waals surface area contributed by atoms with Crippen molar-refractivity contribution in [3.8, 4) is 0 Å². The Morgan fingerprint density at radius 1 is 1.43 bits per heavy atom. The van der Waals surface area contributed by atoms with E-state index in [1.807, 2.05) is 13.0 Å². The highest BCUT2D eigenvalue weighted by Gasteiger charge is 2.54. The zero-order valence-corrected chi connectivity index (χ0v) is 14.3. The lowest BCUT2D eigenvalue weighted by Gasteiger charge is -2.50. The van der Waals surface area contributed by atoms with Gasteiger partial charge in [-0.15, -0.1) is 0 Å². The lowest BCUT2D eigenvalue weighted by molar-refractivity contribution is -0.137. The van der Waals surface area contributed by atoms with Crippen LogP contribution in [-0.4, -0.2) is 37.0 Å². The van der Waals surface area contributed by atoms with Gasteiger partial charge < -0.3 is 9.73 Å². The predicted octanol–water partition coefficient (Wildman–Crippen LogP) is 1.88. The van der Waals surface area contributed by atoms with Crippen LogP contribution in [0.1, 0.15) is 44.8 Å². The van der Waals surface area contributed by atoms with E-state index < -0.39 is 15.4 Å². The van der Waals surface area contributed by atoms with Crippen LogP contribution in [0.4, 0.5) is 0 Å². The molecule has 1 aromatic rings. The van der Waals surface area contributed by atoms with Gasteiger partial charge in [0.05, 0.1) is 24.0 Å². The topological polar surface area (TPSA) is 79.6 Å². The maximum absolute atomic E-state index is 12.9. The summed E-state index contributed by atoms with van der Waals surface area (Å²) in [6, 6.07) is 3.39. The molecule has 2 heterocycles. The smallest absolute Gasteiger partial charge is 0.228 e. The average molecular weight is 340 g/mol. The van der Waals surface area contributed by atoms with Crippen LogP contribution in [0.2, 0.25) is 0 Å². The molecule has 0 radical (unpaired) electrons. The lowest BCUT2D eigenvalue weighted by atomic mass is 9.67. The van der Waals surface area contributed by atoms with Crippen LogP contribution >= 0.6 is 0 Å². The Morgan fingerprint density at radius 3 is 2.96 bits per heavy atom. The van der Waals surface area contributed by atoms with Crippen LogP contribution in [-0.2, 0) is 21.4 Å². The highest BCUT2D eigenvalue weighted by Crippen LogP contribution is 2.46. The van der Waals surface area contributed by atoms with Gasteiger partial charge in [-0.2, -0.15) is 4.31 Å². The number of furan rings is 1. The second-order valence-electron chi connectivity index (χ2n) is 6.45. The van der Waals surface area contributed by atoms with E-state index in [0.717, 1.165) is 25.7 Å². The van der Waals surface area contributed by atoms with Gasteiger partial charge in [-0.25, -0.2) is 8.42 Å². The van der Waals surface area contributed by atoms with Gasteiger partial charge in [-0.1, -0.05) is 19.8 Å². The van der Waals surface area contributed by atoms with Gasteiger partial charge in [0.1, 0.15) is 5.76 Å². The van der Waals surface area contributed by atoms with Gasteiger partial charge in [-0.3, -0.25) is 4.79 Å². The van der Waals surface area contributed by atoms with Crippen molar-refractivity contribution in [1.29, 1.82) is 0 Å². The molecule has 1 aliphatic carbocycles. The standard InChI is InChI=1S/C16H24N2O4S/c1-2-18-14-7-3-4-8-16(14,9-11-23(18,20)21)15(19)17-12-13-6-5-10-22-13/h5-6,10,14H,2-4,7-9,11-12H2,1H3,(H,17,19)/t14-,16-/m1/s1. The molecule has 1 aromatic heterocycles. The highest BCUT2D eigenvalue weighted by atomic mass is 32.2. The first-order valence-electron chi connectivity index (χ1n) is 8.30. The van der Waals surface area contributed by atoms with Crippen molar-refractivity contribution in [3.63, 3.8) is 0 Å². The Morgan fingerprint density at radius 2 is 2.26 bits per heavy atom. The van der Waals surface area contributed by atoms with Gasteiger partial charge in [0.15, 0.2) is 0 Å². The molecule has 2 fully saturated rings. The summed E-state index contributed by atoms with van der Waals surface area (Å²) in [5.41, 5.74) is -0.591. The van der Waals surface area contributed by atoms with Crippen LogP contribution in [0.25, 0.3) is 0 Å². The summed E-state index contributed by atoms with van der Waals surface area (Å²) in [5, 5.41) is 2.96. The molecule has 6 nitrogen and oxygen atoms in total. The number of sulfonamides is 1. The molecule has 1 saturated heterocycles. The number of amides is 1. The molecular formula is C16H24N2O4S. The summed E-state index contributed by atoms with van der Waals surface area (Å²) in [5.74, 6) is 0.732. The largest absolute Gasteiger partial charge is 0.467 e. The molecule has 0 aromatic carbocycles. The number of hydrogen-bond acceptors (Lipinski definition) is 4. The van der Waals surface area contributed by atoms with E-state index in [9.17, 15) is 13.2 Å². The Labute approximate surface area is 137 Å². The summed E-state index contributed by atoms with van der Waals surface area (Å²) in [7, 11) is -3.24. The van der Waals surface area contributed by atoms with E-state index in [-0.39, 0.29) is 17.7 Å². The van der Waals surface area contributed by atoms with Crippen molar-refractivity contribution >= 4 is 15.9 Å².